The highest BCUT2D eigenvalue weighted by molar-refractivity contribution is 5.25. The van der Waals surface area contributed by atoms with Crippen LogP contribution in [0.4, 0.5) is 0 Å². The van der Waals surface area contributed by atoms with Crippen LogP contribution in [0.25, 0.3) is 0 Å². The standard InChI is InChI=1S/C17H28N2O/c1-4-16-13-18-17(3,15-9-7-6-8-10-15)14-19(16)11-12-20-5-2/h6-10,16,18H,4-5,11-14H2,1-3H3. The van der Waals surface area contributed by atoms with Crippen LogP contribution in [0.2, 0.25) is 0 Å². The maximum Gasteiger partial charge on any atom is 0.0593 e. The topological polar surface area (TPSA) is 24.5 Å². The van der Waals surface area contributed by atoms with Gasteiger partial charge in [-0.2, -0.15) is 0 Å². The predicted molar refractivity (Wildman–Crippen MR) is 83.9 cm³/mol. The van der Waals surface area contributed by atoms with Crippen molar-refractivity contribution in [1.29, 1.82) is 0 Å². The van der Waals surface area contributed by atoms with Crippen molar-refractivity contribution in [3.63, 3.8) is 0 Å². The molecule has 1 N–H and O–H groups in total. The third-order valence-electron chi connectivity index (χ3n) is 4.37. The molecule has 1 aliphatic heterocycles. The Kier molecular flexibility index (Phi) is 5.58. The normalized spacial score (nSPS) is 27.6. The first-order chi connectivity index (χ1) is 9.69. The van der Waals surface area contributed by atoms with Gasteiger partial charge in [0.25, 0.3) is 0 Å². The van der Waals surface area contributed by atoms with Crippen LogP contribution in [0.5, 0.6) is 0 Å². The molecule has 3 nitrogen and oxygen atoms in total. The van der Waals surface area contributed by atoms with Crippen LogP contribution >= 0.6 is 0 Å². The lowest BCUT2D eigenvalue weighted by Crippen LogP contribution is -2.61. The van der Waals surface area contributed by atoms with E-state index in [0.29, 0.717) is 6.04 Å². The molecule has 1 aliphatic rings. The lowest BCUT2D eigenvalue weighted by atomic mass is 9.88. The molecule has 0 aliphatic carbocycles. The molecule has 0 radical (unpaired) electrons. The van der Waals surface area contributed by atoms with Gasteiger partial charge in [0.05, 0.1) is 12.1 Å². The van der Waals surface area contributed by atoms with E-state index in [1.54, 1.807) is 0 Å². The van der Waals surface area contributed by atoms with E-state index in [-0.39, 0.29) is 5.54 Å². The number of benzene rings is 1. The monoisotopic (exact) mass is 276 g/mol. The molecule has 1 aromatic carbocycles. The molecule has 20 heavy (non-hydrogen) atoms. The van der Waals surface area contributed by atoms with E-state index in [0.717, 1.165) is 32.8 Å². The smallest absolute Gasteiger partial charge is 0.0593 e. The van der Waals surface area contributed by atoms with Crippen LogP contribution in [0.3, 0.4) is 0 Å². The molecular weight excluding hydrogens is 248 g/mol. The van der Waals surface area contributed by atoms with Crippen molar-refractivity contribution in [3.05, 3.63) is 35.9 Å². The molecule has 1 fully saturated rings. The molecule has 0 amide bonds. The van der Waals surface area contributed by atoms with Gasteiger partial charge in [-0.05, 0) is 25.8 Å². The molecule has 1 heterocycles. The summed E-state index contributed by atoms with van der Waals surface area (Å²) in [6, 6.07) is 11.4. The van der Waals surface area contributed by atoms with E-state index in [1.165, 1.54) is 12.0 Å². The third kappa shape index (κ3) is 3.60. The molecule has 112 valence electrons. The molecule has 1 saturated heterocycles. The van der Waals surface area contributed by atoms with Gasteiger partial charge >= 0.3 is 0 Å². The van der Waals surface area contributed by atoms with Gasteiger partial charge in [-0.1, -0.05) is 37.3 Å². The second kappa shape index (κ2) is 7.21. The van der Waals surface area contributed by atoms with Crippen molar-refractivity contribution >= 4 is 0 Å². The quantitative estimate of drug-likeness (QED) is 0.808. The number of ether oxygens (including phenoxy) is 1. The lowest BCUT2D eigenvalue weighted by Gasteiger charge is -2.46. The van der Waals surface area contributed by atoms with Crippen molar-refractivity contribution in [2.75, 3.05) is 32.8 Å². The second-order valence-electron chi connectivity index (χ2n) is 5.81. The van der Waals surface area contributed by atoms with Crippen molar-refractivity contribution in [1.82, 2.24) is 10.2 Å². The van der Waals surface area contributed by atoms with Crippen molar-refractivity contribution in [3.8, 4) is 0 Å². The number of hydrogen-bond donors (Lipinski definition) is 1. The Morgan fingerprint density at radius 1 is 1.30 bits per heavy atom. The molecule has 0 saturated carbocycles. The zero-order chi connectivity index (χ0) is 14.4. The summed E-state index contributed by atoms with van der Waals surface area (Å²) in [5, 5.41) is 3.75. The van der Waals surface area contributed by atoms with Crippen LogP contribution in [-0.2, 0) is 10.3 Å². The Morgan fingerprint density at radius 3 is 2.70 bits per heavy atom. The molecule has 0 aromatic heterocycles. The fraction of sp³-hybridized carbons (Fsp3) is 0.647. The van der Waals surface area contributed by atoms with E-state index in [4.69, 9.17) is 4.74 Å². The summed E-state index contributed by atoms with van der Waals surface area (Å²) >= 11 is 0. The molecule has 3 heteroatoms. The van der Waals surface area contributed by atoms with E-state index in [2.05, 4.69) is 61.3 Å². The highest BCUT2D eigenvalue weighted by Gasteiger charge is 2.35. The van der Waals surface area contributed by atoms with Gasteiger partial charge in [-0.25, -0.2) is 0 Å². The van der Waals surface area contributed by atoms with E-state index < -0.39 is 0 Å². The maximum absolute atomic E-state index is 5.54. The number of hydrogen-bond acceptors (Lipinski definition) is 3. The Bertz CT molecular complexity index is 395. The van der Waals surface area contributed by atoms with Gasteiger partial charge in [0.1, 0.15) is 0 Å². The van der Waals surface area contributed by atoms with Gasteiger partial charge < -0.3 is 10.1 Å². The summed E-state index contributed by atoms with van der Waals surface area (Å²) in [6.45, 7) is 11.4. The average molecular weight is 276 g/mol. The highest BCUT2D eigenvalue weighted by atomic mass is 16.5. The molecule has 2 unspecified atom stereocenters. The largest absolute Gasteiger partial charge is 0.380 e. The Hall–Kier alpha value is -0.900. The molecule has 0 bridgehead atoms. The van der Waals surface area contributed by atoms with Gasteiger partial charge in [0, 0.05) is 32.3 Å². The fourth-order valence-electron chi connectivity index (χ4n) is 3.05. The van der Waals surface area contributed by atoms with E-state index >= 15 is 0 Å². The van der Waals surface area contributed by atoms with Crippen LogP contribution in [0.15, 0.2) is 30.3 Å². The highest BCUT2D eigenvalue weighted by Crippen LogP contribution is 2.27. The van der Waals surface area contributed by atoms with E-state index in [1.807, 2.05) is 0 Å². The van der Waals surface area contributed by atoms with Crippen LogP contribution in [-0.4, -0.2) is 43.8 Å². The lowest BCUT2D eigenvalue weighted by molar-refractivity contribution is 0.0458. The Morgan fingerprint density at radius 2 is 2.05 bits per heavy atom. The number of nitrogens with zero attached hydrogens (tertiary/aromatic N) is 1. The summed E-state index contributed by atoms with van der Waals surface area (Å²) in [5.41, 5.74) is 1.41. The minimum absolute atomic E-state index is 0.0408. The molecule has 2 atom stereocenters. The van der Waals surface area contributed by atoms with Crippen molar-refractivity contribution in [2.24, 2.45) is 0 Å². The van der Waals surface area contributed by atoms with Crippen LogP contribution < -0.4 is 5.32 Å². The van der Waals surface area contributed by atoms with Crippen LogP contribution in [0.1, 0.15) is 32.8 Å². The van der Waals surface area contributed by atoms with E-state index in [9.17, 15) is 0 Å². The summed E-state index contributed by atoms with van der Waals surface area (Å²) in [4.78, 5) is 2.58. The van der Waals surface area contributed by atoms with Gasteiger partial charge in [0.2, 0.25) is 0 Å². The maximum atomic E-state index is 5.54. The first-order valence-electron chi connectivity index (χ1n) is 7.82. The SMILES string of the molecule is CCOCCN1CC(C)(c2ccccc2)NCC1CC. The summed E-state index contributed by atoms with van der Waals surface area (Å²) in [7, 11) is 0. The third-order valence-corrected chi connectivity index (χ3v) is 4.37. The molecule has 2 rings (SSSR count). The zero-order valence-electron chi connectivity index (χ0n) is 13.1. The summed E-state index contributed by atoms with van der Waals surface area (Å²) < 4.78 is 5.54. The number of nitrogens with one attached hydrogen (secondary N) is 1. The molecule has 1 aromatic rings. The minimum atomic E-state index is 0.0408. The van der Waals surface area contributed by atoms with Crippen molar-refractivity contribution in [2.45, 2.75) is 38.8 Å². The Labute approximate surface area is 123 Å². The van der Waals surface area contributed by atoms with Gasteiger partial charge in [0.15, 0.2) is 0 Å². The molecular formula is C17H28N2O. The second-order valence-corrected chi connectivity index (χ2v) is 5.81. The summed E-state index contributed by atoms with van der Waals surface area (Å²) in [6.07, 6.45) is 1.18. The molecule has 0 spiro atoms. The zero-order valence-corrected chi connectivity index (χ0v) is 13.1. The number of piperazine rings is 1. The van der Waals surface area contributed by atoms with Gasteiger partial charge in [-0.15, -0.1) is 0 Å². The first-order valence-corrected chi connectivity index (χ1v) is 7.82. The number of rotatable bonds is 6. The minimum Gasteiger partial charge on any atom is -0.380 e. The van der Waals surface area contributed by atoms with Crippen LogP contribution in [0, 0.1) is 0 Å². The van der Waals surface area contributed by atoms with Crippen molar-refractivity contribution < 1.29 is 4.74 Å². The van der Waals surface area contributed by atoms with Gasteiger partial charge in [-0.3, -0.25) is 4.90 Å². The fourth-order valence-corrected chi connectivity index (χ4v) is 3.05. The first kappa shape index (κ1) is 15.5. The Balaban J connectivity index is 2.06. The predicted octanol–water partition coefficient (Wildman–Crippen LogP) is 2.62. The average Bonchev–Trinajstić information content (AvgIpc) is 2.49. The summed E-state index contributed by atoms with van der Waals surface area (Å²) in [5.74, 6) is 0.